The number of hydrogen-bond acceptors (Lipinski definition) is 6. The van der Waals surface area contributed by atoms with Gasteiger partial charge in [-0.25, -0.2) is 4.79 Å². The van der Waals surface area contributed by atoms with Crippen molar-refractivity contribution in [1.29, 1.82) is 0 Å². The fourth-order valence-electron chi connectivity index (χ4n) is 3.89. The zero-order valence-electron chi connectivity index (χ0n) is 20.2. The number of benzene rings is 1. The van der Waals surface area contributed by atoms with E-state index in [1.807, 2.05) is 32.9 Å². The van der Waals surface area contributed by atoms with Crippen molar-refractivity contribution >= 4 is 40.4 Å². The Kier molecular flexibility index (Phi) is 7.90. The monoisotopic (exact) mass is 471 g/mol. The van der Waals surface area contributed by atoms with Crippen molar-refractivity contribution in [2.75, 3.05) is 11.9 Å². The van der Waals surface area contributed by atoms with E-state index in [2.05, 4.69) is 21.0 Å². The number of piperidine rings is 1. The number of imide groups is 1. The summed E-state index contributed by atoms with van der Waals surface area (Å²) in [4.78, 5) is 47.7. The Balaban J connectivity index is 1.47. The number of fused-ring (bicyclic) bond motifs is 1. The van der Waals surface area contributed by atoms with E-state index >= 15 is 0 Å². The highest BCUT2D eigenvalue weighted by Gasteiger charge is 2.31. The number of nitrogens with zero attached hydrogens (tertiary/aromatic N) is 2. The molecule has 2 aromatic rings. The molecule has 184 valence electrons. The second-order valence-corrected chi connectivity index (χ2v) is 9.53. The van der Waals surface area contributed by atoms with Crippen LogP contribution in [-0.4, -0.2) is 45.7 Å². The van der Waals surface area contributed by atoms with Gasteiger partial charge in [0.2, 0.25) is 17.7 Å². The van der Waals surface area contributed by atoms with Gasteiger partial charge in [-0.2, -0.15) is 5.10 Å². The maximum absolute atomic E-state index is 12.3. The molecule has 3 rings (SSSR count). The standard InChI is InChI=1S/C24H33N5O5/c1-24(2,3)34-23(33)25-13-7-5-6-8-19(30)26-15-9-10-16-18(14-15)29(4)28-21(16)17-11-12-20(31)27-22(17)32/h9-10,14,17H,5-8,11-13H2,1-4H3,(H,25,33)(H,26,30)(H,27,31,32). The Morgan fingerprint density at radius 1 is 1.21 bits per heavy atom. The van der Waals surface area contributed by atoms with Gasteiger partial charge in [-0.3, -0.25) is 24.4 Å². The minimum Gasteiger partial charge on any atom is -0.444 e. The van der Waals surface area contributed by atoms with Gasteiger partial charge in [-0.05, 0) is 58.2 Å². The number of amides is 4. The van der Waals surface area contributed by atoms with Crippen molar-refractivity contribution in [1.82, 2.24) is 20.4 Å². The second-order valence-electron chi connectivity index (χ2n) is 9.53. The summed E-state index contributed by atoms with van der Waals surface area (Å²) < 4.78 is 6.86. The summed E-state index contributed by atoms with van der Waals surface area (Å²) in [6, 6.07) is 5.47. The molecule has 4 amide bonds. The number of aromatic nitrogens is 2. The molecule has 1 aliphatic heterocycles. The second kappa shape index (κ2) is 10.7. The highest BCUT2D eigenvalue weighted by Crippen LogP contribution is 2.31. The largest absolute Gasteiger partial charge is 0.444 e. The van der Waals surface area contributed by atoms with Gasteiger partial charge in [0, 0.05) is 37.5 Å². The molecule has 34 heavy (non-hydrogen) atoms. The maximum atomic E-state index is 12.3. The van der Waals surface area contributed by atoms with Crippen molar-refractivity contribution < 1.29 is 23.9 Å². The van der Waals surface area contributed by atoms with Gasteiger partial charge in [0.15, 0.2) is 0 Å². The summed E-state index contributed by atoms with van der Waals surface area (Å²) in [7, 11) is 1.79. The Hall–Kier alpha value is -3.43. The zero-order chi connectivity index (χ0) is 24.9. The first-order valence-corrected chi connectivity index (χ1v) is 11.6. The lowest BCUT2D eigenvalue weighted by Crippen LogP contribution is -2.39. The summed E-state index contributed by atoms with van der Waals surface area (Å²) in [6.07, 6.45) is 2.93. The van der Waals surface area contributed by atoms with Crippen LogP contribution < -0.4 is 16.0 Å². The number of alkyl carbamates (subject to hydrolysis) is 1. The number of aryl methyl sites for hydroxylation is 1. The van der Waals surface area contributed by atoms with Gasteiger partial charge < -0.3 is 15.4 Å². The van der Waals surface area contributed by atoms with E-state index in [1.165, 1.54) is 0 Å². The van der Waals surface area contributed by atoms with Crippen LogP contribution in [0.2, 0.25) is 0 Å². The quantitative estimate of drug-likeness (QED) is 0.400. The van der Waals surface area contributed by atoms with Gasteiger partial charge in [-0.15, -0.1) is 0 Å². The van der Waals surface area contributed by atoms with Crippen molar-refractivity contribution in [3.05, 3.63) is 23.9 Å². The van der Waals surface area contributed by atoms with Gasteiger partial charge in [0.05, 0.1) is 17.1 Å². The number of ether oxygens (including phenoxy) is 1. The first kappa shape index (κ1) is 25.2. The summed E-state index contributed by atoms with van der Waals surface area (Å²) in [5, 5.41) is 13.3. The molecule has 1 aliphatic rings. The van der Waals surface area contributed by atoms with Crippen LogP contribution in [-0.2, 0) is 26.2 Å². The lowest BCUT2D eigenvalue weighted by Gasteiger charge is -2.19. The van der Waals surface area contributed by atoms with Crippen LogP contribution in [0.3, 0.4) is 0 Å². The summed E-state index contributed by atoms with van der Waals surface area (Å²) in [5.74, 6) is -1.14. The fourth-order valence-corrected chi connectivity index (χ4v) is 3.89. The third-order valence-electron chi connectivity index (χ3n) is 5.48. The van der Waals surface area contributed by atoms with Crippen LogP contribution in [0.1, 0.15) is 70.9 Å². The third kappa shape index (κ3) is 6.79. The number of carbonyl (C=O) groups is 4. The third-order valence-corrected chi connectivity index (χ3v) is 5.48. The van der Waals surface area contributed by atoms with E-state index in [1.54, 1.807) is 17.8 Å². The van der Waals surface area contributed by atoms with Crippen molar-refractivity contribution in [3.63, 3.8) is 0 Å². The maximum Gasteiger partial charge on any atom is 0.407 e. The minimum atomic E-state index is -0.521. The van der Waals surface area contributed by atoms with Crippen LogP contribution in [0.5, 0.6) is 0 Å². The molecule has 0 bridgehead atoms. The SMILES string of the molecule is Cn1nc(C2CCC(=O)NC2=O)c2ccc(NC(=O)CCCCCNC(=O)OC(C)(C)C)cc21. The average molecular weight is 472 g/mol. The normalized spacial score (nSPS) is 16.3. The van der Waals surface area contributed by atoms with E-state index in [9.17, 15) is 19.2 Å². The zero-order valence-corrected chi connectivity index (χ0v) is 20.2. The molecule has 10 heteroatoms. The molecule has 3 N–H and O–H groups in total. The van der Waals surface area contributed by atoms with Gasteiger partial charge >= 0.3 is 6.09 Å². The lowest BCUT2D eigenvalue weighted by molar-refractivity contribution is -0.134. The molecule has 10 nitrogen and oxygen atoms in total. The Labute approximate surface area is 198 Å². The molecule has 0 saturated carbocycles. The van der Waals surface area contributed by atoms with E-state index in [4.69, 9.17) is 4.74 Å². The molecule has 1 fully saturated rings. The molecule has 1 unspecified atom stereocenters. The summed E-state index contributed by atoms with van der Waals surface area (Å²) in [5.41, 5.74) is 1.57. The number of anilines is 1. The van der Waals surface area contributed by atoms with E-state index in [0.29, 0.717) is 43.6 Å². The molecular weight excluding hydrogens is 438 g/mol. The number of hydrogen-bond donors (Lipinski definition) is 3. The molecule has 1 saturated heterocycles. The Bertz CT molecular complexity index is 1090. The highest BCUT2D eigenvalue weighted by atomic mass is 16.6. The smallest absolute Gasteiger partial charge is 0.407 e. The predicted molar refractivity (Wildman–Crippen MR) is 127 cm³/mol. The fraction of sp³-hybridized carbons (Fsp3) is 0.542. The number of unbranched alkanes of at least 4 members (excludes halogenated alkanes) is 2. The predicted octanol–water partition coefficient (Wildman–Crippen LogP) is 3.12. The van der Waals surface area contributed by atoms with Crippen LogP contribution in [0.25, 0.3) is 10.9 Å². The number of carbonyl (C=O) groups excluding carboxylic acids is 4. The molecule has 0 radical (unpaired) electrons. The van der Waals surface area contributed by atoms with Crippen molar-refractivity contribution in [3.8, 4) is 0 Å². The highest BCUT2D eigenvalue weighted by molar-refractivity contribution is 6.03. The molecule has 1 aromatic heterocycles. The first-order chi connectivity index (χ1) is 16.0. The lowest BCUT2D eigenvalue weighted by atomic mass is 9.93. The minimum absolute atomic E-state index is 0.0907. The van der Waals surface area contributed by atoms with Gasteiger partial charge in [0.25, 0.3) is 0 Å². The van der Waals surface area contributed by atoms with E-state index < -0.39 is 17.6 Å². The van der Waals surface area contributed by atoms with Crippen LogP contribution in [0.15, 0.2) is 18.2 Å². The first-order valence-electron chi connectivity index (χ1n) is 11.6. The summed E-state index contributed by atoms with van der Waals surface area (Å²) >= 11 is 0. The Morgan fingerprint density at radius 3 is 2.68 bits per heavy atom. The van der Waals surface area contributed by atoms with Gasteiger partial charge in [-0.1, -0.05) is 6.42 Å². The van der Waals surface area contributed by atoms with Crippen molar-refractivity contribution in [2.45, 2.75) is 70.8 Å². The average Bonchev–Trinajstić information content (AvgIpc) is 3.05. The number of nitrogens with one attached hydrogen (secondary N) is 3. The molecular formula is C24H33N5O5. The summed E-state index contributed by atoms with van der Waals surface area (Å²) in [6.45, 7) is 5.95. The van der Waals surface area contributed by atoms with E-state index in [-0.39, 0.29) is 17.7 Å². The molecule has 2 heterocycles. The van der Waals surface area contributed by atoms with E-state index in [0.717, 1.165) is 23.7 Å². The van der Waals surface area contributed by atoms with Crippen LogP contribution in [0.4, 0.5) is 10.5 Å². The van der Waals surface area contributed by atoms with Crippen molar-refractivity contribution in [2.24, 2.45) is 7.05 Å². The molecule has 0 aliphatic carbocycles. The van der Waals surface area contributed by atoms with Crippen LogP contribution >= 0.6 is 0 Å². The topological polar surface area (TPSA) is 131 Å². The molecule has 1 aromatic carbocycles. The molecule has 0 spiro atoms. The van der Waals surface area contributed by atoms with Crippen LogP contribution in [0, 0.1) is 0 Å². The number of rotatable bonds is 8. The Morgan fingerprint density at radius 2 is 1.97 bits per heavy atom. The van der Waals surface area contributed by atoms with Gasteiger partial charge in [0.1, 0.15) is 5.60 Å². The molecule has 1 atom stereocenters.